The average molecular weight is 542 g/mol. The van der Waals surface area contributed by atoms with Crippen molar-refractivity contribution in [1.29, 1.82) is 0 Å². The highest BCUT2D eigenvalue weighted by Crippen LogP contribution is 2.36. The molecule has 13 heteroatoms. The number of hydrogen-bond acceptors (Lipinski definition) is 7. The second-order valence-electron chi connectivity index (χ2n) is 9.84. The largest absolute Gasteiger partial charge is 0.360 e. The Kier molecular flexibility index (Phi) is 7.52. The first-order chi connectivity index (χ1) is 16.0. The third kappa shape index (κ3) is 6.68. The van der Waals surface area contributed by atoms with E-state index in [-0.39, 0.29) is 21.5 Å². The fraction of sp³-hybridized carbons (Fsp3) is 0.409. The van der Waals surface area contributed by atoms with Crippen molar-refractivity contribution >= 4 is 48.8 Å². The highest BCUT2D eigenvalue weighted by atomic mass is 32.2. The van der Waals surface area contributed by atoms with Crippen molar-refractivity contribution in [3.05, 3.63) is 48.5 Å². The van der Waals surface area contributed by atoms with Gasteiger partial charge in [-0.2, -0.15) is 5.06 Å². The summed E-state index contributed by atoms with van der Waals surface area (Å²) in [6.45, 7) is 7.88. The molecule has 0 unspecified atom stereocenters. The van der Waals surface area contributed by atoms with Crippen LogP contribution in [-0.2, 0) is 20.0 Å². The van der Waals surface area contributed by atoms with Crippen LogP contribution in [0.3, 0.4) is 0 Å². The summed E-state index contributed by atoms with van der Waals surface area (Å²) in [5.74, 6) is 0. The minimum atomic E-state index is -3.97. The van der Waals surface area contributed by atoms with E-state index in [0.29, 0.717) is 23.6 Å². The number of nitrogens with zero attached hydrogens (tertiary/aromatic N) is 1. The number of rotatable bonds is 6. The molecule has 0 radical (unpaired) electrons. The number of thiocarbonyl (C=S) groups is 1. The Morgan fingerprint density at radius 3 is 2.09 bits per heavy atom. The molecular weight excluding hydrogens is 510 g/mol. The molecule has 0 saturated carbocycles. The maximum absolute atomic E-state index is 12.7. The fourth-order valence-electron chi connectivity index (χ4n) is 4.39. The Balaban J connectivity index is 1.65. The molecular formula is C22H31N5O5S3. The van der Waals surface area contributed by atoms with Gasteiger partial charge in [0.2, 0.25) is 10.0 Å². The van der Waals surface area contributed by atoms with Gasteiger partial charge in [0.25, 0.3) is 10.0 Å². The number of piperidine rings is 1. The average Bonchev–Trinajstić information content (AvgIpc) is 2.71. The summed E-state index contributed by atoms with van der Waals surface area (Å²) < 4.78 is 50.8. The van der Waals surface area contributed by atoms with Gasteiger partial charge in [0.1, 0.15) is 0 Å². The van der Waals surface area contributed by atoms with Crippen molar-refractivity contribution in [2.75, 3.05) is 10.0 Å². The number of primary sulfonamides is 1. The predicted octanol–water partition coefficient (Wildman–Crippen LogP) is 2.83. The quantitative estimate of drug-likeness (QED) is 0.347. The lowest BCUT2D eigenvalue weighted by Crippen LogP contribution is -2.63. The van der Waals surface area contributed by atoms with Crippen molar-refractivity contribution in [2.45, 2.75) is 67.4 Å². The zero-order chi connectivity index (χ0) is 26.2. The summed E-state index contributed by atoms with van der Waals surface area (Å²) in [6, 6.07) is 11.3. The molecule has 1 heterocycles. The molecule has 0 aliphatic carbocycles. The van der Waals surface area contributed by atoms with Crippen LogP contribution in [0.25, 0.3) is 0 Å². The maximum atomic E-state index is 12.7. The summed E-state index contributed by atoms with van der Waals surface area (Å²) in [5.41, 5.74) is -0.183. The van der Waals surface area contributed by atoms with E-state index in [4.69, 9.17) is 17.4 Å². The molecule has 1 aliphatic rings. The van der Waals surface area contributed by atoms with Crippen LogP contribution in [0.2, 0.25) is 0 Å². The summed E-state index contributed by atoms with van der Waals surface area (Å²) in [7, 11) is -7.93. The SMILES string of the molecule is CC1(C)CC(NC(=S)Nc2ccc(S(=O)(=O)Nc3cccc(S(N)(=O)=O)c3)cc2)CC(C)(C)N1O. The van der Waals surface area contributed by atoms with Crippen LogP contribution in [0.1, 0.15) is 40.5 Å². The fourth-order valence-corrected chi connectivity index (χ4v) is 6.29. The molecule has 1 fully saturated rings. The van der Waals surface area contributed by atoms with E-state index >= 15 is 0 Å². The van der Waals surface area contributed by atoms with Gasteiger partial charge in [-0.05, 0) is 95.2 Å². The van der Waals surface area contributed by atoms with E-state index in [0.717, 1.165) is 6.07 Å². The number of hydroxylamine groups is 2. The zero-order valence-corrected chi connectivity index (χ0v) is 22.4. The minimum absolute atomic E-state index is 0.0123. The van der Waals surface area contributed by atoms with Gasteiger partial charge in [-0.3, -0.25) is 4.72 Å². The van der Waals surface area contributed by atoms with Crippen LogP contribution in [0.15, 0.2) is 58.3 Å². The lowest BCUT2D eigenvalue weighted by atomic mass is 9.79. The number of hydrogen-bond donors (Lipinski definition) is 5. The molecule has 3 rings (SSSR count). The zero-order valence-electron chi connectivity index (χ0n) is 19.9. The van der Waals surface area contributed by atoms with E-state index in [1.54, 1.807) is 12.1 Å². The molecule has 0 bridgehead atoms. The predicted molar refractivity (Wildman–Crippen MR) is 139 cm³/mol. The minimum Gasteiger partial charge on any atom is -0.360 e. The normalized spacial score (nSPS) is 18.6. The molecule has 0 aromatic heterocycles. The lowest BCUT2D eigenvalue weighted by Gasteiger charge is -2.51. The molecule has 1 aliphatic heterocycles. The van der Waals surface area contributed by atoms with Gasteiger partial charge >= 0.3 is 0 Å². The Hall–Kier alpha value is -2.29. The van der Waals surface area contributed by atoms with Gasteiger partial charge in [0, 0.05) is 22.8 Å². The van der Waals surface area contributed by atoms with Gasteiger partial charge < -0.3 is 15.8 Å². The summed E-state index contributed by atoms with van der Waals surface area (Å²) in [5, 5.41) is 23.7. The van der Waals surface area contributed by atoms with Gasteiger partial charge in [-0.15, -0.1) is 0 Å². The molecule has 6 N–H and O–H groups in total. The van der Waals surface area contributed by atoms with Crippen LogP contribution in [0.4, 0.5) is 11.4 Å². The van der Waals surface area contributed by atoms with Crippen molar-refractivity contribution in [1.82, 2.24) is 10.4 Å². The number of nitrogens with two attached hydrogens (primary N) is 1. The molecule has 35 heavy (non-hydrogen) atoms. The van der Waals surface area contributed by atoms with Gasteiger partial charge in [-0.25, -0.2) is 22.0 Å². The van der Waals surface area contributed by atoms with Crippen LogP contribution in [0.5, 0.6) is 0 Å². The molecule has 2 aromatic rings. The molecule has 1 saturated heterocycles. The second kappa shape index (κ2) is 9.64. The van der Waals surface area contributed by atoms with Crippen LogP contribution in [-0.4, -0.2) is 49.3 Å². The van der Waals surface area contributed by atoms with E-state index in [2.05, 4.69) is 15.4 Å². The molecule has 0 spiro atoms. The Labute approximate surface area is 212 Å². The van der Waals surface area contributed by atoms with E-state index in [1.807, 2.05) is 27.7 Å². The van der Waals surface area contributed by atoms with Crippen LogP contribution in [0, 0.1) is 0 Å². The third-order valence-corrected chi connectivity index (χ3v) is 8.34. The summed E-state index contributed by atoms with van der Waals surface area (Å²) in [6.07, 6.45) is 1.37. The van der Waals surface area contributed by atoms with Crippen molar-refractivity contribution in [2.24, 2.45) is 5.14 Å². The van der Waals surface area contributed by atoms with Crippen molar-refractivity contribution < 1.29 is 22.0 Å². The molecule has 10 nitrogen and oxygen atoms in total. The first-order valence-corrected chi connectivity index (χ1v) is 14.3. The topological polar surface area (TPSA) is 154 Å². The summed E-state index contributed by atoms with van der Waals surface area (Å²) in [4.78, 5) is -0.212. The number of anilines is 2. The molecule has 0 atom stereocenters. The standard InChI is InChI=1S/C22H31N5O5S3/c1-21(2)13-17(14-22(3,4)27(21)28)25-20(33)24-15-8-10-18(11-9-15)35(31,32)26-16-6-5-7-19(12-16)34(23,29)30/h5-12,17,26,28H,13-14H2,1-4H3,(H2,23,29,30)(H2,24,25,33). The molecule has 192 valence electrons. The van der Waals surface area contributed by atoms with E-state index in [9.17, 15) is 22.0 Å². The first-order valence-electron chi connectivity index (χ1n) is 10.8. The smallest absolute Gasteiger partial charge is 0.261 e. The first kappa shape index (κ1) is 27.3. The summed E-state index contributed by atoms with van der Waals surface area (Å²) >= 11 is 5.44. The van der Waals surface area contributed by atoms with E-state index < -0.39 is 31.1 Å². The molecule has 2 aromatic carbocycles. The highest BCUT2D eigenvalue weighted by molar-refractivity contribution is 7.92. The Morgan fingerprint density at radius 2 is 1.54 bits per heavy atom. The van der Waals surface area contributed by atoms with Gasteiger partial charge in [0.15, 0.2) is 5.11 Å². The lowest BCUT2D eigenvalue weighted by molar-refractivity contribution is -0.245. The number of nitrogens with one attached hydrogen (secondary N) is 3. The number of benzene rings is 2. The van der Waals surface area contributed by atoms with Crippen LogP contribution < -0.4 is 20.5 Å². The van der Waals surface area contributed by atoms with Crippen molar-refractivity contribution in [3.63, 3.8) is 0 Å². The monoisotopic (exact) mass is 541 g/mol. The second-order valence-corrected chi connectivity index (χ2v) is 13.5. The van der Waals surface area contributed by atoms with E-state index in [1.165, 1.54) is 35.4 Å². The van der Waals surface area contributed by atoms with Crippen LogP contribution >= 0.6 is 12.2 Å². The molecule has 0 amide bonds. The van der Waals surface area contributed by atoms with Gasteiger partial charge in [-0.1, -0.05) is 6.07 Å². The Morgan fingerprint density at radius 1 is 0.971 bits per heavy atom. The third-order valence-electron chi connectivity index (χ3n) is 5.81. The maximum Gasteiger partial charge on any atom is 0.261 e. The van der Waals surface area contributed by atoms with Gasteiger partial charge in [0.05, 0.1) is 15.5 Å². The highest BCUT2D eigenvalue weighted by Gasteiger charge is 2.45. The van der Waals surface area contributed by atoms with Crippen molar-refractivity contribution in [3.8, 4) is 0 Å². The number of sulfonamides is 2. The Bertz CT molecular complexity index is 1290.